The monoisotopic (exact) mass is 248 g/mol. The van der Waals surface area contributed by atoms with Gasteiger partial charge in [-0.2, -0.15) is 0 Å². The van der Waals surface area contributed by atoms with Crippen molar-refractivity contribution in [2.45, 2.75) is 71.8 Å². The smallest absolute Gasteiger partial charge is 0.109 e. The summed E-state index contributed by atoms with van der Waals surface area (Å²) in [6.07, 6.45) is 7.83. The Morgan fingerprint density at radius 2 is 1.78 bits per heavy atom. The molecule has 1 saturated heterocycles. The van der Waals surface area contributed by atoms with Gasteiger partial charge in [0.15, 0.2) is 0 Å². The third-order valence-corrected chi connectivity index (χ3v) is 6.55. The van der Waals surface area contributed by atoms with Crippen LogP contribution in [0.1, 0.15) is 66.2 Å². The topological polar surface area (TPSA) is 9.23 Å². The molecule has 2 saturated carbocycles. The standard InChI is InChI=1S/C17H28O/c1-12-11-14-16(4)9-6-8-15(2,3)13(16)7-10-17(14,5)18-12/h13-14H,1,6-11H2,2-5H3/t13?,14?,16-,17+/m0/s1. The Labute approximate surface area is 112 Å². The Hall–Kier alpha value is -0.460. The largest absolute Gasteiger partial charge is 0.492 e. The van der Waals surface area contributed by atoms with Gasteiger partial charge < -0.3 is 4.74 Å². The number of hydrogen-bond donors (Lipinski definition) is 0. The van der Waals surface area contributed by atoms with Gasteiger partial charge in [0.25, 0.3) is 0 Å². The predicted octanol–water partition coefficient (Wildman–Crippen LogP) is 4.92. The summed E-state index contributed by atoms with van der Waals surface area (Å²) in [5.74, 6) is 2.59. The van der Waals surface area contributed by atoms with E-state index in [2.05, 4.69) is 34.3 Å². The molecule has 0 aromatic carbocycles. The minimum absolute atomic E-state index is 0.0791. The van der Waals surface area contributed by atoms with E-state index in [1.54, 1.807) is 0 Å². The van der Waals surface area contributed by atoms with Crippen LogP contribution in [-0.4, -0.2) is 5.60 Å². The lowest BCUT2D eigenvalue weighted by Crippen LogP contribution is -2.55. The number of fused-ring (bicyclic) bond motifs is 3. The van der Waals surface area contributed by atoms with Crippen molar-refractivity contribution in [2.75, 3.05) is 0 Å². The molecule has 0 N–H and O–H groups in total. The van der Waals surface area contributed by atoms with Crippen LogP contribution < -0.4 is 0 Å². The van der Waals surface area contributed by atoms with Crippen LogP contribution in [0.5, 0.6) is 0 Å². The zero-order chi connectivity index (χ0) is 13.2. The molecule has 1 aliphatic heterocycles. The van der Waals surface area contributed by atoms with E-state index in [0.717, 1.165) is 18.1 Å². The molecule has 0 aromatic heterocycles. The SMILES string of the molecule is C=C1CC2[C@@]3(C)CCCC(C)(C)C3CC[C@@]2(C)O1. The fourth-order valence-corrected chi connectivity index (χ4v) is 5.78. The molecule has 2 aliphatic carbocycles. The molecule has 3 fully saturated rings. The van der Waals surface area contributed by atoms with E-state index >= 15 is 0 Å². The molecule has 102 valence electrons. The molecule has 0 amide bonds. The van der Waals surface area contributed by atoms with Gasteiger partial charge in [-0.3, -0.25) is 0 Å². The molecule has 4 atom stereocenters. The summed E-state index contributed by atoms with van der Waals surface area (Å²) >= 11 is 0. The number of ether oxygens (including phenoxy) is 1. The van der Waals surface area contributed by atoms with Crippen LogP contribution in [0.15, 0.2) is 12.3 Å². The first-order valence-electron chi connectivity index (χ1n) is 7.65. The van der Waals surface area contributed by atoms with E-state index < -0.39 is 0 Å². The van der Waals surface area contributed by atoms with Gasteiger partial charge in [-0.15, -0.1) is 0 Å². The molecule has 3 rings (SSSR count). The minimum Gasteiger partial charge on any atom is -0.492 e. The van der Waals surface area contributed by atoms with Gasteiger partial charge in [-0.25, -0.2) is 0 Å². The second-order valence-corrected chi connectivity index (χ2v) is 8.15. The lowest BCUT2D eigenvalue weighted by molar-refractivity contribution is -0.142. The average molecular weight is 248 g/mol. The summed E-state index contributed by atoms with van der Waals surface area (Å²) in [6.45, 7) is 14.0. The van der Waals surface area contributed by atoms with Crippen molar-refractivity contribution >= 4 is 0 Å². The number of rotatable bonds is 0. The lowest BCUT2D eigenvalue weighted by atomic mass is 9.45. The maximum absolute atomic E-state index is 6.14. The Balaban J connectivity index is 2.00. The van der Waals surface area contributed by atoms with Crippen LogP contribution in [0.2, 0.25) is 0 Å². The first-order valence-corrected chi connectivity index (χ1v) is 7.65. The highest BCUT2D eigenvalue weighted by molar-refractivity contribution is 5.15. The molecule has 2 unspecified atom stereocenters. The van der Waals surface area contributed by atoms with Crippen molar-refractivity contribution in [1.29, 1.82) is 0 Å². The van der Waals surface area contributed by atoms with E-state index in [1.807, 2.05) is 0 Å². The highest BCUT2D eigenvalue weighted by Crippen LogP contribution is 2.65. The van der Waals surface area contributed by atoms with Crippen LogP contribution in [0.4, 0.5) is 0 Å². The summed E-state index contributed by atoms with van der Waals surface area (Å²) in [6, 6.07) is 0. The van der Waals surface area contributed by atoms with Crippen LogP contribution in [-0.2, 0) is 4.74 Å². The molecular formula is C17H28O. The van der Waals surface area contributed by atoms with Crippen molar-refractivity contribution in [3.8, 4) is 0 Å². The summed E-state index contributed by atoms with van der Waals surface area (Å²) in [5.41, 5.74) is 1.06. The molecule has 0 spiro atoms. The molecule has 1 nitrogen and oxygen atoms in total. The maximum Gasteiger partial charge on any atom is 0.109 e. The molecule has 0 bridgehead atoms. The second-order valence-electron chi connectivity index (χ2n) is 8.15. The first kappa shape index (κ1) is 12.6. The van der Waals surface area contributed by atoms with Gasteiger partial charge in [0.05, 0.1) is 5.76 Å². The molecule has 0 aromatic rings. The molecular weight excluding hydrogens is 220 g/mol. The van der Waals surface area contributed by atoms with Gasteiger partial charge in [-0.1, -0.05) is 33.8 Å². The normalized spacial score (nSPS) is 50.3. The predicted molar refractivity (Wildman–Crippen MR) is 75.2 cm³/mol. The van der Waals surface area contributed by atoms with Crippen molar-refractivity contribution in [3.05, 3.63) is 12.3 Å². The number of hydrogen-bond acceptors (Lipinski definition) is 1. The highest BCUT2D eigenvalue weighted by Gasteiger charge is 2.61. The minimum atomic E-state index is 0.0791. The zero-order valence-electron chi connectivity index (χ0n) is 12.5. The Morgan fingerprint density at radius 1 is 1.06 bits per heavy atom. The van der Waals surface area contributed by atoms with Crippen LogP contribution in [0.25, 0.3) is 0 Å². The average Bonchev–Trinajstić information content (AvgIpc) is 2.53. The quantitative estimate of drug-likeness (QED) is 0.591. The molecule has 0 radical (unpaired) electrons. The fourth-order valence-electron chi connectivity index (χ4n) is 5.78. The summed E-state index contributed by atoms with van der Waals surface area (Å²) in [7, 11) is 0. The molecule has 3 aliphatic rings. The zero-order valence-corrected chi connectivity index (χ0v) is 12.5. The van der Waals surface area contributed by atoms with Crippen molar-refractivity contribution in [1.82, 2.24) is 0 Å². The summed E-state index contributed by atoms with van der Waals surface area (Å²) in [5, 5.41) is 0. The third-order valence-electron chi connectivity index (χ3n) is 6.55. The van der Waals surface area contributed by atoms with E-state index in [9.17, 15) is 0 Å². The highest BCUT2D eigenvalue weighted by atomic mass is 16.5. The van der Waals surface area contributed by atoms with E-state index in [-0.39, 0.29) is 5.60 Å². The molecule has 1 heterocycles. The van der Waals surface area contributed by atoms with Gasteiger partial charge in [0, 0.05) is 12.3 Å². The Kier molecular flexibility index (Phi) is 2.48. The number of allylic oxidation sites excluding steroid dienone is 1. The first-order chi connectivity index (χ1) is 8.28. The van der Waals surface area contributed by atoms with Crippen LogP contribution in [0.3, 0.4) is 0 Å². The summed E-state index contributed by atoms with van der Waals surface area (Å²) in [4.78, 5) is 0. The summed E-state index contributed by atoms with van der Waals surface area (Å²) < 4.78 is 6.14. The third kappa shape index (κ3) is 1.52. The Bertz CT molecular complexity index is 383. The maximum atomic E-state index is 6.14. The van der Waals surface area contributed by atoms with Crippen molar-refractivity contribution in [3.63, 3.8) is 0 Å². The van der Waals surface area contributed by atoms with Crippen molar-refractivity contribution in [2.24, 2.45) is 22.7 Å². The van der Waals surface area contributed by atoms with E-state index in [0.29, 0.717) is 16.7 Å². The Morgan fingerprint density at radius 3 is 2.50 bits per heavy atom. The van der Waals surface area contributed by atoms with E-state index in [1.165, 1.54) is 32.1 Å². The van der Waals surface area contributed by atoms with Crippen molar-refractivity contribution < 1.29 is 4.74 Å². The lowest BCUT2D eigenvalue weighted by Gasteiger charge is -2.59. The second kappa shape index (κ2) is 3.55. The van der Waals surface area contributed by atoms with Crippen LogP contribution >= 0.6 is 0 Å². The fraction of sp³-hybridized carbons (Fsp3) is 0.882. The van der Waals surface area contributed by atoms with E-state index in [4.69, 9.17) is 4.74 Å². The van der Waals surface area contributed by atoms with Gasteiger partial charge in [-0.05, 0) is 49.4 Å². The van der Waals surface area contributed by atoms with Gasteiger partial charge >= 0.3 is 0 Å². The van der Waals surface area contributed by atoms with Crippen LogP contribution in [0, 0.1) is 22.7 Å². The molecule has 1 heteroatoms. The molecule has 18 heavy (non-hydrogen) atoms. The van der Waals surface area contributed by atoms with Gasteiger partial charge in [0.1, 0.15) is 5.60 Å². The van der Waals surface area contributed by atoms with Gasteiger partial charge in [0.2, 0.25) is 0 Å².